The van der Waals surface area contributed by atoms with Crippen molar-refractivity contribution in [3.63, 3.8) is 0 Å². The number of carbonyl (C=O) groups is 1. The summed E-state index contributed by atoms with van der Waals surface area (Å²) in [5.74, 6) is -2.03. The molecule has 4 aromatic rings. The standard InChI is InChI=1S/C27H27N3O6/c1-16-12-23(33)25(27(35)30(16)11-10-17-8-9-21(31)22(32)13-17)19(14-24(34)36-2)20-15-28-29-26(20)18-6-4-3-5-7-18/h3-9,12-13,15,19,31-33H,10-11,14H2,1-2H3,(H,28,29)/t19-/m1/s1. The molecule has 0 saturated carbocycles. The Kier molecular flexibility index (Phi) is 7.10. The van der Waals surface area contributed by atoms with Crippen LogP contribution in [-0.2, 0) is 22.5 Å². The van der Waals surface area contributed by atoms with Gasteiger partial charge in [0.05, 0.1) is 31.0 Å². The Morgan fingerprint density at radius 1 is 1.06 bits per heavy atom. The third kappa shape index (κ3) is 4.95. The second kappa shape index (κ2) is 10.4. The molecule has 0 spiro atoms. The summed E-state index contributed by atoms with van der Waals surface area (Å²) in [5, 5.41) is 37.4. The van der Waals surface area contributed by atoms with Crippen LogP contribution >= 0.6 is 0 Å². The summed E-state index contributed by atoms with van der Waals surface area (Å²) in [6.07, 6.45) is 1.77. The highest BCUT2D eigenvalue weighted by Crippen LogP contribution is 2.37. The zero-order valence-corrected chi connectivity index (χ0v) is 19.9. The predicted octanol–water partition coefficient (Wildman–Crippen LogP) is 3.60. The van der Waals surface area contributed by atoms with Gasteiger partial charge < -0.3 is 24.6 Å². The van der Waals surface area contributed by atoms with Gasteiger partial charge in [0.2, 0.25) is 0 Å². The van der Waals surface area contributed by atoms with E-state index in [9.17, 15) is 24.9 Å². The number of rotatable bonds is 8. The maximum Gasteiger partial charge on any atom is 0.306 e. The summed E-state index contributed by atoms with van der Waals surface area (Å²) in [6.45, 7) is 1.96. The smallest absolute Gasteiger partial charge is 0.306 e. The fourth-order valence-electron chi connectivity index (χ4n) is 4.35. The molecule has 0 saturated heterocycles. The van der Waals surface area contributed by atoms with Gasteiger partial charge in [-0.2, -0.15) is 5.10 Å². The van der Waals surface area contributed by atoms with Gasteiger partial charge in [-0.05, 0) is 42.7 Å². The third-order valence-corrected chi connectivity index (χ3v) is 6.24. The summed E-state index contributed by atoms with van der Waals surface area (Å²) in [5.41, 5.74) is 2.92. The van der Waals surface area contributed by atoms with E-state index in [4.69, 9.17) is 4.74 Å². The number of phenols is 2. The van der Waals surface area contributed by atoms with E-state index in [2.05, 4.69) is 10.2 Å². The number of aromatic hydroxyl groups is 3. The highest BCUT2D eigenvalue weighted by Gasteiger charge is 2.29. The first-order chi connectivity index (χ1) is 17.3. The lowest BCUT2D eigenvalue weighted by atomic mass is 9.87. The van der Waals surface area contributed by atoms with Gasteiger partial charge in [-0.15, -0.1) is 0 Å². The Hall–Kier alpha value is -4.53. The first kappa shape index (κ1) is 24.6. The number of H-pyrrole nitrogens is 1. The minimum Gasteiger partial charge on any atom is -0.507 e. The lowest BCUT2D eigenvalue weighted by Gasteiger charge is -2.20. The highest BCUT2D eigenvalue weighted by atomic mass is 16.5. The molecule has 0 amide bonds. The average Bonchev–Trinajstić information content (AvgIpc) is 3.35. The van der Waals surface area contributed by atoms with Gasteiger partial charge in [-0.1, -0.05) is 36.4 Å². The number of phenolic OH excluding ortho intramolecular Hbond substituents is 2. The summed E-state index contributed by atoms with van der Waals surface area (Å²) in [7, 11) is 1.27. The van der Waals surface area contributed by atoms with Crippen LogP contribution in [-0.4, -0.2) is 43.2 Å². The van der Waals surface area contributed by atoms with Gasteiger partial charge in [0.1, 0.15) is 5.75 Å². The van der Waals surface area contributed by atoms with E-state index < -0.39 is 17.4 Å². The van der Waals surface area contributed by atoms with E-state index in [1.54, 1.807) is 19.2 Å². The number of aryl methyl sites for hydroxylation is 2. The number of pyridine rings is 1. The number of carbonyl (C=O) groups excluding carboxylic acids is 1. The van der Waals surface area contributed by atoms with Crippen LogP contribution in [0, 0.1) is 6.92 Å². The van der Waals surface area contributed by atoms with Crippen LogP contribution in [0.5, 0.6) is 17.2 Å². The number of esters is 1. The van der Waals surface area contributed by atoms with Crippen molar-refractivity contribution in [3.05, 3.63) is 93.5 Å². The maximum absolute atomic E-state index is 13.7. The molecular formula is C27H27N3O6. The Bertz CT molecular complexity index is 1440. The van der Waals surface area contributed by atoms with Crippen LogP contribution in [0.3, 0.4) is 0 Å². The number of aromatic amines is 1. The van der Waals surface area contributed by atoms with Crippen LogP contribution in [0.15, 0.2) is 65.6 Å². The van der Waals surface area contributed by atoms with Crippen LogP contribution < -0.4 is 5.56 Å². The highest BCUT2D eigenvalue weighted by molar-refractivity contribution is 5.73. The summed E-state index contributed by atoms with van der Waals surface area (Å²) in [6, 6.07) is 15.4. The number of benzene rings is 2. The number of ether oxygens (including phenoxy) is 1. The van der Waals surface area contributed by atoms with Crippen molar-refractivity contribution in [2.75, 3.05) is 7.11 Å². The van der Waals surface area contributed by atoms with E-state index in [1.165, 1.54) is 29.9 Å². The second-order valence-corrected chi connectivity index (χ2v) is 8.51. The zero-order valence-electron chi connectivity index (χ0n) is 19.9. The molecule has 0 aliphatic carbocycles. The van der Waals surface area contributed by atoms with Crippen molar-refractivity contribution in [3.8, 4) is 28.5 Å². The van der Waals surface area contributed by atoms with Crippen LogP contribution in [0.25, 0.3) is 11.3 Å². The van der Waals surface area contributed by atoms with Crippen molar-refractivity contribution in [1.29, 1.82) is 0 Å². The molecule has 2 heterocycles. The number of hydrogen-bond acceptors (Lipinski definition) is 7. The van der Waals surface area contributed by atoms with Crippen molar-refractivity contribution in [2.24, 2.45) is 0 Å². The zero-order chi connectivity index (χ0) is 25.8. The molecule has 0 aliphatic rings. The molecule has 9 heteroatoms. The lowest BCUT2D eigenvalue weighted by molar-refractivity contribution is -0.140. The number of aromatic nitrogens is 3. The average molecular weight is 490 g/mol. The number of nitrogens with one attached hydrogen (secondary N) is 1. The fourth-order valence-corrected chi connectivity index (χ4v) is 4.35. The molecule has 1 atom stereocenters. The molecule has 36 heavy (non-hydrogen) atoms. The predicted molar refractivity (Wildman–Crippen MR) is 133 cm³/mol. The Labute approximate surface area is 207 Å². The maximum atomic E-state index is 13.7. The van der Waals surface area contributed by atoms with Crippen LogP contribution in [0.1, 0.15) is 34.7 Å². The van der Waals surface area contributed by atoms with Crippen molar-refractivity contribution >= 4 is 5.97 Å². The van der Waals surface area contributed by atoms with E-state index in [0.717, 1.165) is 11.1 Å². The summed E-state index contributed by atoms with van der Waals surface area (Å²) in [4.78, 5) is 26.1. The molecule has 186 valence electrons. The lowest BCUT2D eigenvalue weighted by Crippen LogP contribution is -2.29. The van der Waals surface area contributed by atoms with Gasteiger partial charge in [0.25, 0.3) is 5.56 Å². The Morgan fingerprint density at radius 2 is 1.81 bits per heavy atom. The summed E-state index contributed by atoms with van der Waals surface area (Å²) < 4.78 is 6.42. The molecule has 2 aromatic heterocycles. The van der Waals surface area contributed by atoms with E-state index in [0.29, 0.717) is 23.4 Å². The van der Waals surface area contributed by atoms with Gasteiger partial charge in [-0.25, -0.2) is 0 Å². The topological polar surface area (TPSA) is 138 Å². The second-order valence-electron chi connectivity index (χ2n) is 8.51. The quantitative estimate of drug-likeness (QED) is 0.219. The van der Waals surface area contributed by atoms with Crippen LogP contribution in [0.4, 0.5) is 0 Å². The molecule has 2 aromatic carbocycles. The van der Waals surface area contributed by atoms with Gasteiger partial charge in [-0.3, -0.25) is 14.7 Å². The molecule has 0 bridgehead atoms. The molecule has 4 rings (SSSR count). The van der Waals surface area contributed by atoms with Crippen molar-refractivity contribution < 1.29 is 24.9 Å². The molecule has 0 aliphatic heterocycles. The normalized spacial score (nSPS) is 11.8. The van der Waals surface area contributed by atoms with Gasteiger partial charge >= 0.3 is 5.97 Å². The molecule has 4 N–H and O–H groups in total. The summed E-state index contributed by atoms with van der Waals surface area (Å²) >= 11 is 0. The van der Waals surface area contributed by atoms with Crippen molar-refractivity contribution in [2.45, 2.75) is 32.2 Å². The number of nitrogens with zero attached hydrogens (tertiary/aromatic N) is 2. The molecule has 9 nitrogen and oxygen atoms in total. The minimum absolute atomic E-state index is 0.0677. The third-order valence-electron chi connectivity index (χ3n) is 6.24. The first-order valence-corrected chi connectivity index (χ1v) is 11.4. The molecule has 0 unspecified atom stereocenters. The molecule has 0 fully saturated rings. The Morgan fingerprint density at radius 3 is 2.50 bits per heavy atom. The van der Waals surface area contributed by atoms with Crippen LogP contribution in [0.2, 0.25) is 0 Å². The Balaban J connectivity index is 1.79. The monoisotopic (exact) mass is 489 g/mol. The SMILES string of the molecule is COC(=O)C[C@H](c1cn[nH]c1-c1ccccc1)c1c(O)cc(C)n(CCc2ccc(O)c(O)c2)c1=O. The van der Waals surface area contributed by atoms with Gasteiger partial charge in [0.15, 0.2) is 11.5 Å². The largest absolute Gasteiger partial charge is 0.507 e. The molecule has 0 radical (unpaired) electrons. The van der Waals surface area contributed by atoms with Gasteiger partial charge in [0, 0.05) is 23.7 Å². The van der Waals surface area contributed by atoms with E-state index >= 15 is 0 Å². The van der Waals surface area contributed by atoms with E-state index in [1.807, 2.05) is 30.3 Å². The fraction of sp³-hybridized carbons (Fsp3) is 0.222. The minimum atomic E-state index is -0.816. The number of hydrogen-bond donors (Lipinski definition) is 4. The van der Waals surface area contributed by atoms with E-state index in [-0.39, 0.29) is 35.8 Å². The first-order valence-electron chi connectivity index (χ1n) is 11.4. The molecular weight excluding hydrogens is 462 g/mol. The van der Waals surface area contributed by atoms with Crippen molar-refractivity contribution in [1.82, 2.24) is 14.8 Å². The number of methoxy groups -OCH3 is 1.